The first-order chi connectivity index (χ1) is 19.6. The number of carboxylic acids is 1. The zero-order valence-corrected chi connectivity index (χ0v) is 23.2. The molecule has 1 atom stereocenters. The fourth-order valence-corrected chi connectivity index (χ4v) is 5.59. The maximum atomic E-state index is 13.4. The summed E-state index contributed by atoms with van der Waals surface area (Å²) in [5.74, 6) is -0.319. The predicted octanol–water partition coefficient (Wildman–Crippen LogP) is 5.36. The molecule has 1 aliphatic heterocycles. The average molecular weight is 567 g/mol. The van der Waals surface area contributed by atoms with Gasteiger partial charge in [0.05, 0.1) is 17.6 Å². The summed E-state index contributed by atoms with van der Waals surface area (Å²) in [5, 5.41) is 18.2. The van der Waals surface area contributed by atoms with E-state index in [1.54, 1.807) is 13.0 Å². The second kappa shape index (κ2) is 10.0. The standard InChI is InChI=1S/C31H27ClN6O3/c1-17-5-3-4-6-19(17)16-38-23-15-21(32)12-13-22(23)26(37-38)29-34-27(33)25-28(35-29)36-30(41)31(25,2)20-10-7-18(8-11-20)9-14-24(39)40/h3-8,10-13,15H,9,14,16H2,1-2H3,(H,39,40)(H3,33,34,35,36,41)/t31-/m0/s1. The van der Waals surface area contributed by atoms with Crippen molar-refractivity contribution in [1.82, 2.24) is 19.7 Å². The van der Waals surface area contributed by atoms with Crippen LogP contribution in [-0.2, 0) is 28.0 Å². The Morgan fingerprint density at radius 2 is 1.85 bits per heavy atom. The van der Waals surface area contributed by atoms with Crippen molar-refractivity contribution in [3.63, 3.8) is 0 Å². The molecule has 0 bridgehead atoms. The Hall–Kier alpha value is -4.76. The summed E-state index contributed by atoms with van der Waals surface area (Å²) in [7, 11) is 0. The molecule has 0 radical (unpaired) electrons. The summed E-state index contributed by atoms with van der Waals surface area (Å²) in [6.07, 6.45) is 0.435. The van der Waals surface area contributed by atoms with Gasteiger partial charge in [-0.15, -0.1) is 0 Å². The number of nitrogens with zero attached hydrogens (tertiary/aromatic N) is 4. The van der Waals surface area contributed by atoms with E-state index in [-0.39, 0.29) is 18.1 Å². The maximum Gasteiger partial charge on any atom is 0.303 e. The van der Waals surface area contributed by atoms with E-state index in [9.17, 15) is 9.59 Å². The number of halogens is 1. The number of aromatic nitrogens is 4. The first-order valence-electron chi connectivity index (χ1n) is 13.2. The van der Waals surface area contributed by atoms with Crippen LogP contribution in [0.4, 0.5) is 11.6 Å². The predicted molar refractivity (Wildman–Crippen MR) is 158 cm³/mol. The van der Waals surface area contributed by atoms with E-state index in [0.29, 0.717) is 46.5 Å². The van der Waals surface area contributed by atoms with Gasteiger partial charge in [0.1, 0.15) is 22.7 Å². The van der Waals surface area contributed by atoms with Gasteiger partial charge in [0.25, 0.3) is 0 Å². The number of nitrogen functional groups attached to an aromatic ring is 1. The lowest BCUT2D eigenvalue weighted by atomic mass is 9.77. The average Bonchev–Trinajstić information content (AvgIpc) is 3.43. The van der Waals surface area contributed by atoms with Gasteiger partial charge in [0.2, 0.25) is 5.91 Å². The van der Waals surface area contributed by atoms with Crippen LogP contribution in [-0.4, -0.2) is 36.7 Å². The number of nitrogens with one attached hydrogen (secondary N) is 1. The fourth-order valence-electron chi connectivity index (χ4n) is 5.43. The number of amides is 1. The lowest BCUT2D eigenvalue weighted by Gasteiger charge is -2.23. The largest absolute Gasteiger partial charge is 0.481 e. The third-order valence-corrected chi connectivity index (χ3v) is 8.02. The molecule has 2 aromatic heterocycles. The molecule has 0 unspecified atom stereocenters. The highest BCUT2D eigenvalue weighted by atomic mass is 35.5. The Balaban J connectivity index is 1.41. The van der Waals surface area contributed by atoms with E-state index in [2.05, 4.69) is 29.4 Å². The topological polar surface area (TPSA) is 136 Å². The van der Waals surface area contributed by atoms with Gasteiger partial charge in [-0.2, -0.15) is 5.10 Å². The summed E-state index contributed by atoms with van der Waals surface area (Å²) < 4.78 is 1.88. The number of carboxylic acid groups (broad SMARTS) is 1. The van der Waals surface area contributed by atoms with Gasteiger partial charge in [-0.05, 0) is 60.7 Å². The number of nitrogens with two attached hydrogens (primary N) is 1. The van der Waals surface area contributed by atoms with Crippen LogP contribution in [0.25, 0.3) is 22.4 Å². The van der Waals surface area contributed by atoms with Gasteiger partial charge in [0, 0.05) is 16.8 Å². The lowest BCUT2D eigenvalue weighted by molar-refractivity contribution is -0.137. The number of hydrogen-bond donors (Lipinski definition) is 3. The van der Waals surface area contributed by atoms with E-state index < -0.39 is 11.4 Å². The molecule has 0 saturated carbocycles. The van der Waals surface area contributed by atoms with Crippen LogP contribution in [0.2, 0.25) is 5.02 Å². The number of carbonyl (C=O) groups excluding carboxylic acids is 1. The summed E-state index contributed by atoms with van der Waals surface area (Å²) >= 11 is 6.36. The summed E-state index contributed by atoms with van der Waals surface area (Å²) in [6, 6.07) is 21.0. The fraction of sp³-hybridized carbons (Fsp3) is 0.194. The molecular weight excluding hydrogens is 540 g/mol. The number of aryl methyl sites for hydroxylation is 2. The quantitative estimate of drug-likeness (QED) is 0.241. The third-order valence-electron chi connectivity index (χ3n) is 7.79. The molecule has 3 aromatic carbocycles. The zero-order chi connectivity index (χ0) is 28.9. The van der Waals surface area contributed by atoms with Crippen LogP contribution >= 0.6 is 11.6 Å². The van der Waals surface area contributed by atoms with Gasteiger partial charge in [-0.25, -0.2) is 9.97 Å². The lowest BCUT2D eigenvalue weighted by Crippen LogP contribution is -2.33. The number of rotatable bonds is 7. The van der Waals surface area contributed by atoms with E-state index in [0.717, 1.165) is 27.6 Å². The van der Waals surface area contributed by atoms with Gasteiger partial charge in [0.15, 0.2) is 5.82 Å². The van der Waals surface area contributed by atoms with Gasteiger partial charge >= 0.3 is 5.97 Å². The molecule has 6 rings (SSSR count). The van der Waals surface area contributed by atoms with E-state index in [1.165, 1.54) is 0 Å². The number of carbonyl (C=O) groups is 2. The van der Waals surface area contributed by atoms with Crippen LogP contribution < -0.4 is 11.1 Å². The molecule has 0 saturated heterocycles. The van der Waals surface area contributed by atoms with Crippen molar-refractivity contribution in [2.75, 3.05) is 11.1 Å². The summed E-state index contributed by atoms with van der Waals surface area (Å²) in [5.41, 5.74) is 11.1. The van der Waals surface area contributed by atoms with Crippen LogP contribution in [0.1, 0.15) is 41.2 Å². The highest BCUT2D eigenvalue weighted by molar-refractivity contribution is 6.31. The van der Waals surface area contributed by atoms with E-state index >= 15 is 0 Å². The van der Waals surface area contributed by atoms with Gasteiger partial charge in [-0.3, -0.25) is 14.3 Å². The second-order valence-electron chi connectivity index (χ2n) is 10.4. The van der Waals surface area contributed by atoms with Gasteiger partial charge in [-0.1, -0.05) is 60.1 Å². The Kier molecular flexibility index (Phi) is 6.46. The minimum Gasteiger partial charge on any atom is -0.481 e. The van der Waals surface area contributed by atoms with Crippen molar-refractivity contribution in [1.29, 1.82) is 0 Å². The van der Waals surface area contributed by atoms with Crippen LogP contribution in [0.3, 0.4) is 0 Å². The Morgan fingerprint density at radius 3 is 2.59 bits per heavy atom. The van der Waals surface area contributed by atoms with Crippen LogP contribution in [0.5, 0.6) is 0 Å². The Labute approximate surface area is 241 Å². The van der Waals surface area contributed by atoms with Crippen molar-refractivity contribution in [2.24, 2.45) is 0 Å². The molecule has 0 aliphatic carbocycles. The third kappa shape index (κ3) is 4.58. The maximum absolute atomic E-state index is 13.4. The molecule has 41 heavy (non-hydrogen) atoms. The highest BCUT2D eigenvalue weighted by Gasteiger charge is 2.47. The smallest absolute Gasteiger partial charge is 0.303 e. The van der Waals surface area contributed by atoms with E-state index in [1.807, 2.05) is 53.2 Å². The zero-order valence-electron chi connectivity index (χ0n) is 22.5. The summed E-state index contributed by atoms with van der Waals surface area (Å²) in [4.78, 5) is 33.7. The van der Waals surface area contributed by atoms with E-state index in [4.69, 9.17) is 32.5 Å². The molecule has 206 valence electrons. The number of anilines is 2. The van der Waals surface area contributed by atoms with Crippen molar-refractivity contribution < 1.29 is 14.7 Å². The molecule has 3 heterocycles. The van der Waals surface area contributed by atoms with Crippen molar-refractivity contribution in [3.8, 4) is 11.5 Å². The minimum atomic E-state index is -1.12. The number of aliphatic carboxylic acids is 1. The molecule has 0 spiro atoms. The first-order valence-corrected chi connectivity index (χ1v) is 13.5. The Morgan fingerprint density at radius 1 is 1.10 bits per heavy atom. The summed E-state index contributed by atoms with van der Waals surface area (Å²) in [6.45, 7) is 4.37. The number of benzene rings is 3. The molecule has 1 amide bonds. The normalized spacial score (nSPS) is 16.1. The van der Waals surface area contributed by atoms with Gasteiger partial charge < -0.3 is 16.2 Å². The SMILES string of the molecule is Cc1ccccc1Cn1nc(-c2nc(N)c3c(n2)NC(=O)[C@@]3(C)c2ccc(CCC(=O)O)cc2)c2ccc(Cl)cc21. The first kappa shape index (κ1) is 26.5. The monoisotopic (exact) mass is 566 g/mol. The van der Waals surface area contributed by atoms with Crippen molar-refractivity contribution >= 4 is 46.0 Å². The molecule has 10 heteroatoms. The molecule has 5 aromatic rings. The van der Waals surface area contributed by atoms with Crippen molar-refractivity contribution in [3.05, 3.63) is 99.6 Å². The van der Waals surface area contributed by atoms with Crippen molar-refractivity contribution in [2.45, 2.75) is 38.6 Å². The highest BCUT2D eigenvalue weighted by Crippen LogP contribution is 2.45. The van der Waals surface area contributed by atoms with Crippen LogP contribution in [0, 0.1) is 6.92 Å². The minimum absolute atomic E-state index is 0.0328. The molecule has 0 fully saturated rings. The number of fused-ring (bicyclic) bond motifs is 2. The molecule has 4 N–H and O–H groups in total. The van der Waals surface area contributed by atoms with Crippen LogP contribution in [0.15, 0.2) is 66.7 Å². The second-order valence-corrected chi connectivity index (χ2v) is 10.9. The molecular formula is C31H27ClN6O3. The number of hydrogen-bond acceptors (Lipinski definition) is 6. The molecule has 9 nitrogen and oxygen atoms in total. The molecule has 1 aliphatic rings. The Bertz CT molecular complexity index is 1850.